The minimum Gasteiger partial charge on any atom is -0.481 e. The largest absolute Gasteiger partial charge is 0.481 e. The highest BCUT2D eigenvalue weighted by Gasteiger charge is 2.17. The van der Waals surface area contributed by atoms with Gasteiger partial charge in [0.05, 0.1) is 39.9 Å². The molecule has 0 aliphatic rings. The highest BCUT2D eigenvalue weighted by molar-refractivity contribution is 7.18. The van der Waals surface area contributed by atoms with Crippen LogP contribution in [-0.4, -0.2) is 30.2 Å². The average Bonchev–Trinajstić information content (AvgIpc) is 3.11. The van der Waals surface area contributed by atoms with Crippen molar-refractivity contribution in [2.75, 3.05) is 0 Å². The predicted octanol–water partition coefficient (Wildman–Crippen LogP) is 2.88. The van der Waals surface area contributed by atoms with Crippen LogP contribution < -0.4 is 17.0 Å². The predicted molar refractivity (Wildman–Crippen MR) is 126 cm³/mol. The fourth-order valence-electron chi connectivity index (χ4n) is 3.59. The summed E-state index contributed by atoms with van der Waals surface area (Å²) in [6, 6.07) is 12.3. The zero-order chi connectivity index (χ0) is 23.7. The van der Waals surface area contributed by atoms with E-state index in [2.05, 4.69) is 15.0 Å². The Labute approximate surface area is 192 Å². The van der Waals surface area contributed by atoms with E-state index in [1.165, 1.54) is 22.8 Å². The number of rotatable bonds is 6. The van der Waals surface area contributed by atoms with Gasteiger partial charge in [0.1, 0.15) is 0 Å². The van der Waals surface area contributed by atoms with Crippen molar-refractivity contribution in [3.63, 3.8) is 0 Å². The Morgan fingerprint density at radius 2 is 1.91 bits per heavy atom. The molecule has 33 heavy (non-hydrogen) atoms. The fourth-order valence-corrected chi connectivity index (χ4v) is 4.45. The van der Waals surface area contributed by atoms with Crippen LogP contribution in [0, 0.1) is 13.8 Å². The van der Waals surface area contributed by atoms with Crippen molar-refractivity contribution in [2.24, 2.45) is 4.99 Å². The molecule has 10 heteroatoms. The molecule has 0 saturated carbocycles. The summed E-state index contributed by atoms with van der Waals surface area (Å²) in [6.45, 7) is 5.58. The van der Waals surface area contributed by atoms with Crippen molar-refractivity contribution in [1.82, 2.24) is 19.1 Å². The average molecular weight is 466 g/mol. The molecule has 1 atom stereocenters. The summed E-state index contributed by atoms with van der Waals surface area (Å²) in [5, 5.41) is 10.1. The Kier molecular flexibility index (Phi) is 6.10. The molecule has 2 aromatic carbocycles. The number of aryl methyl sites for hydroxylation is 2. The van der Waals surface area contributed by atoms with Gasteiger partial charge in [0.15, 0.2) is 0 Å². The number of aliphatic carboxylic acids is 1. The van der Waals surface area contributed by atoms with Gasteiger partial charge in [-0.3, -0.25) is 14.3 Å². The molecule has 4 aromatic rings. The number of H-pyrrole nitrogens is 1. The third-order valence-electron chi connectivity index (χ3n) is 5.22. The lowest BCUT2D eigenvalue weighted by Gasteiger charge is -2.15. The van der Waals surface area contributed by atoms with Crippen LogP contribution in [0.5, 0.6) is 0 Å². The highest BCUT2D eigenvalue weighted by atomic mass is 32.1. The van der Waals surface area contributed by atoms with Gasteiger partial charge in [0.2, 0.25) is 5.62 Å². The summed E-state index contributed by atoms with van der Waals surface area (Å²) in [5.74, 6) is -1.10. The summed E-state index contributed by atoms with van der Waals surface area (Å²) in [5.41, 5.74) is 2.10. The molecule has 0 aliphatic carbocycles. The number of nitrogens with zero attached hydrogens (tertiary/aromatic N) is 4. The zero-order valence-electron chi connectivity index (χ0n) is 18.4. The minimum atomic E-state index is -1.10. The maximum absolute atomic E-state index is 13.4. The molecule has 2 N–H and O–H groups in total. The van der Waals surface area contributed by atoms with E-state index >= 15 is 0 Å². The molecule has 2 heterocycles. The molecule has 0 spiro atoms. The molecule has 0 amide bonds. The van der Waals surface area contributed by atoms with Gasteiger partial charge >= 0.3 is 17.3 Å². The second-order valence-corrected chi connectivity index (χ2v) is 9.16. The maximum Gasteiger partial charge on any atom is 0.335 e. The maximum atomic E-state index is 13.4. The molecule has 2 aromatic heterocycles. The fraction of sp³-hybridized carbons (Fsp3) is 0.261. The molecular formula is C23H23N5O4S. The van der Waals surface area contributed by atoms with Crippen LogP contribution in [0.3, 0.4) is 0 Å². The first-order valence-corrected chi connectivity index (χ1v) is 11.2. The topological polar surface area (TPSA) is 122 Å². The van der Waals surface area contributed by atoms with Crippen LogP contribution in [0.25, 0.3) is 10.2 Å². The van der Waals surface area contributed by atoms with Crippen molar-refractivity contribution >= 4 is 33.2 Å². The van der Waals surface area contributed by atoms with E-state index in [4.69, 9.17) is 5.11 Å². The monoisotopic (exact) mass is 465 g/mol. The third kappa shape index (κ3) is 4.85. The molecule has 0 aliphatic heterocycles. The summed E-state index contributed by atoms with van der Waals surface area (Å²) < 4.78 is 3.23. The first-order valence-electron chi connectivity index (χ1n) is 10.4. The summed E-state index contributed by atoms with van der Waals surface area (Å²) >= 11 is 1.53. The standard InChI is InChI=1S/C23H23N5O4S/c1-13-4-6-16(7-5-13)12-27-21(25-17-8-9-18-19(11-17)33-15(3)24-18)26-22(31)28(23(27)32)14(2)10-20(29)30/h4-9,11,14H,10,12H2,1-3H3,(H,29,30)(H,25,26,31)/t14-/m0/s1. The van der Waals surface area contributed by atoms with E-state index < -0.39 is 23.4 Å². The molecule has 0 unspecified atom stereocenters. The second kappa shape index (κ2) is 8.99. The van der Waals surface area contributed by atoms with E-state index in [1.807, 2.05) is 50.2 Å². The zero-order valence-corrected chi connectivity index (χ0v) is 19.2. The first kappa shape index (κ1) is 22.4. The lowest BCUT2D eigenvalue weighted by atomic mass is 10.1. The van der Waals surface area contributed by atoms with Crippen LogP contribution in [-0.2, 0) is 11.3 Å². The van der Waals surface area contributed by atoms with Gasteiger partial charge in [0, 0.05) is 0 Å². The molecule has 170 valence electrons. The lowest BCUT2D eigenvalue weighted by molar-refractivity contribution is -0.137. The number of carbonyl (C=O) groups is 1. The van der Waals surface area contributed by atoms with Crippen LogP contribution in [0.1, 0.15) is 35.5 Å². The Balaban J connectivity index is 1.91. The number of fused-ring (bicyclic) bond motifs is 1. The van der Waals surface area contributed by atoms with E-state index in [-0.39, 0.29) is 18.6 Å². The van der Waals surface area contributed by atoms with Gasteiger partial charge in [-0.25, -0.2) is 24.1 Å². The van der Waals surface area contributed by atoms with Gasteiger partial charge in [0.25, 0.3) is 0 Å². The van der Waals surface area contributed by atoms with Gasteiger partial charge in [-0.05, 0) is 44.5 Å². The van der Waals surface area contributed by atoms with Crippen LogP contribution >= 0.6 is 11.3 Å². The molecule has 4 rings (SSSR count). The Morgan fingerprint density at radius 1 is 1.18 bits per heavy atom. The summed E-state index contributed by atoms with van der Waals surface area (Å²) in [7, 11) is 0. The SMILES string of the molecule is Cc1ccc(Cn2c(=O)n([C@@H](C)CC(=O)O)c(=O)[nH]/c2=N\c2ccc3nc(C)sc3c2)cc1. The van der Waals surface area contributed by atoms with Gasteiger partial charge in [-0.1, -0.05) is 29.8 Å². The number of hydrogen-bond acceptors (Lipinski definition) is 6. The smallest absolute Gasteiger partial charge is 0.335 e. The molecule has 0 bridgehead atoms. The Morgan fingerprint density at radius 3 is 2.61 bits per heavy atom. The van der Waals surface area contributed by atoms with Gasteiger partial charge < -0.3 is 5.11 Å². The Hall–Kier alpha value is -3.79. The first-order chi connectivity index (χ1) is 15.7. The van der Waals surface area contributed by atoms with Crippen molar-refractivity contribution in [1.29, 1.82) is 0 Å². The molecule has 0 saturated heterocycles. The highest BCUT2D eigenvalue weighted by Crippen LogP contribution is 2.25. The van der Waals surface area contributed by atoms with E-state index in [0.717, 1.165) is 30.9 Å². The molecule has 9 nitrogen and oxygen atoms in total. The summed E-state index contributed by atoms with van der Waals surface area (Å²) in [4.78, 5) is 49.0. The van der Waals surface area contributed by atoms with E-state index in [9.17, 15) is 14.4 Å². The number of carboxylic acids is 1. The number of aromatic nitrogens is 4. The summed E-state index contributed by atoms with van der Waals surface area (Å²) in [6.07, 6.45) is -0.356. The number of aromatic amines is 1. The number of hydrogen-bond donors (Lipinski definition) is 2. The van der Waals surface area contributed by atoms with Crippen molar-refractivity contribution < 1.29 is 9.90 Å². The molecule has 0 fully saturated rings. The number of carboxylic acid groups (broad SMARTS) is 1. The van der Waals surface area contributed by atoms with Crippen molar-refractivity contribution in [3.05, 3.63) is 85.2 Å². The number of thiazole rings is 1. The normalized spacial score (nSPS) is 12.9. The van der Waals surface area contributed by atoms with Gasteiger partial charge in [-0.2, -0.15) is 0 Å². The molecular weight excluding hydrogens is 442 g/mol. The van der Waals surface area contributed by atoms with E-state index in [0.29, 0.717) is 5.69 Å². The lowest BCUT2D eigenvalue weighted by Crippen LogP contribution is -2.51. The minimum absolute atomic E-state index is 0.0879. The number of benzene rings is 2. The van der Waals surface area contributed by atoms with Crippen LogP contribution in [0.2, 0.25) is 0 Å². The second-order valence-electron chi connectivity index (χ2n) is 7.92. The third-order valence-corrected chi connectivity index (χ3v) is 6.15. The van der Waals surface area contributed by atoms with E-state index in [1.54, 1.807) is 6.07 Å². The van der Waals surface area contributed by atoms with Crippen molar-refractivity contribution in [2.45, 2.75) is 39.8 Å². The van der Waals surface area contributed by atoms with Crippen LogP contribution in [0.4, 0.5) is 5.69 Å². The van der Waals surface area contributed by atoms with Crippen LogP contribution in [0.15, 0.2) is 57.0 Å². The Bertz CT molecular complexity index is 1530. The number of nitrogens with one attached hydrogen (secondary N) is 1. The van der Waals surface area contributed by atoms with Crippen molar-refractivity contribution in [3.8, 4) is 0 Å². The van der Waals surface area contributed by atoms with Gasteiger partial charge in [-0.15, -0.1) is 11.3 Å². The molecule has 0 radical (unpaired) electrons. The quantitative estimate of drug-likeness (QED) is 0.453.